The molecule has 1 aliphatic heterocycles. The quantitative estimate of drug-likeness (QED) is 0.696. The highest BCUT2D eigenvalue weighted by Crippen LogP contribution is 2.21. The van der Waals surface area contributed by atoms with Gasteiger partial charge in [0.05, 0.1) is 5.69 Å². The molecule has 0 aliphatic carbocycles. The fourth-order valence-electron chi connectivity index (χ4n) is 1.45. The van der Waals surface area contributed by atoms with E-state index in [1.54, 1.807) is 19.1 Å². The maximum atomic E-state index is 11.7. The third kappa shape index (κ3) is 1.66. The van der Waals surface area contributed by atoms with Gasteiger partial charge in [0.15, 0.2) is 5.11 Å². The molecule has 0 saturated carbocycles. The first-order chi connectivity index (χ1) is 7.09. The van der Waals surface area contributed by atoms with Gasteiger partial charge in [-0.3, -0.25) is 9.69 Å². The van der Waals surface area contributed by atoms with E-state index in [9.17, 15) is 4.79 Å². The maximum absolute atomic E-state index is 11.7. The first-order valence-corrected chi connectivity index (χ1v) is 4.94. The third-order valence-corrected chi connectivity index (χ3v) is 2.54. The van der Waals surface area contributed by atoms with Gasteiger partial charge in [0.1, 0.15) is 11.8 Å². The van der Waals surface area contributed by atoms with Crippen LogP contribution in [0.2, 0.25) is 0 Å². The highest BCUT2D eigenvalue weighted by Gasteiger charge is 2.33. The zero-order chi connectivity index (χ0) is 11.0. The van der Waals surface area contributed by atoms with Crippen LogP contribution in [0, 0.1) is 0 Å². The molecular weight excluding hydrogens is 212 g/mol. The number of aromatic hydroxyl groups is 1. The predicted octanol–water partition coefficient (Wildman–Crippen LogP) is 1.00. The van der Waals surface area contributed by atoms with Crippen LogP contribution in [-0.2, 0) is 4.79 Å². The van der Waals surface area contributed by atoms with E-state index in [2.05, 4.69) is 5.32 Å². The summed E-state index contributed by atoms with van der Waals surface area (Å²) in [6.07, 6.45) is 0. The summed E-state index contributed by atoms with van der Waals surface area (Å²) in [5.74, 6) is 0.0861. The SMILES string of the molecule is C[C@@H]1NC(=S)N(c2ccc(O)cc2)C1=O. The highest BCUT2D eigenvalue weighted by atomic mass is 32.1. The number of thiocarbonyl (C=S) groups is 1. The van der Waals surface area contributed by atoms with E-state index in [4.69, 9.17) is 17.3 Å². The molecule has 0 radical (unpaired) electrons. The molecule has 1 aromatic rings. The number of nitrogens with zero attached hydrogens (tertiary/aromatic N) is 1. The van der Waals surface area contributed by atoms with Crippen LogP contribution in [0.1, 0.15) is 6.92 Å². The molecule has 0 bridgehead atoms. The average molecular weight is 222 g/mol. The van der Waals surface area contributed by atoms with Gasteiger partial charge in [-0.1, -0.05) is 0 Å². The van der Waals surface area contributed by atoms with Gasteiger partial charge < -0.3 is 10.4 Å². The second-order valence-electron chi connectivity index (χ2n) is 3.36. The van der Waals surface area contributed by atoms with Gasteiger partial charge in [-0.25, -0.2) is 0 Å². The van der Waals surface area contributed by atoms with E-state index < -0.39 is 0 Å². The van der Waals surface area contributed by atoms with E-state index in [0.29, 0.717) is 10.8 Å². The Hall–Kier alpha value is -1.62. The van der Waals surface area contributed by atoms with E-state index in [1.807, 2.05) is 0 Å². The smallest absolute Gasteiger partial charge is 0.255 e. The standard InChI is InChI=1S/C10H10N2O2S/c1-6-9(14)12(10(15)11-6)7-2-4-8(13)5-3-7/h2-6,13H,1H3,(H,11,15)/t6-/m0/s1. The number of phenols is 1. The van der Waals surface area contributed by atoms with Crippen molar-refractivity contribution >= 4 is 28.9 Å². The summed E-state index contributed by atoms with van der Waals surface area (Å²) in [7, 11) is 0. The molecule has 1 fully saturated rings. The lowest BCUT2D eigenvalue weighted by molar-refractivity contribution is -0.117. The van der Waals surface area contributed by atoms with Crippen molar-refractivity contribution in [2.75, 3.05) is 4.90 Å². The van der Waals surface area contributed by atoms with Crippen LogP contribution in [0.15, 0.2) is 24.3 Å². The zero-order valence-electron chi connectivity index (χ0n) is 8.10. The number of nitrogens with one attached hydrogen (secondary N) is 1. The summed E-state index contributed by atoms with van der Waals surface area (Å²) in [6, 6.07) is 6.06. The van der Waals surface area contributed by atoms with Crippen molar-refractivity contribution in [2.24, 2.45) is 0 Å². The molecule has 0 unspecified atom stereocenters. The molecule has 15 heavy (non-hydrogen) atoms. The van der Waals surface area contributed by atoms with Crippen molar-refractivity contribution in [1.82, 2.24) is 5.32 Å². The van der Waals surface area contributed by atoms with Gasteiger partial charge in [0, 0.05) is 0 Å². The van der Waals surface area contributed by atoms with Gasteiger partial charge >= 0.3 is 0 Å². The Morgan fingerprint density at radius 3 is 2.47 bits per heavy atom. The van der Waals surface area contributed by atoms with Crippen LogP contribution in [0.4, 0.5) is 5.69 Å². The number of carbonyl (C=O) groups excluding carboxylic acids is 1. The van der Waals surface area contributed by atoms with E-state index in [0.717, 1.165) is 0 Å². The number of hydrogen-bond donors (Lipinski definition) is 2. The molecule has 2 N–H and O–H groups in total. The summed E-state index contributed by atoms with van der Waals surface area (Å²) in [5.41, 5.74) is 0.666. The minimum Gasteiger partial charge on any atom is -0.508 e. The summed E-state index contributed by atoms with van der Waals surface area (Å²) in [5, 5.41) is 12.4. The minimum absolute atomic E-state index is 0.0781. The largest absolute Gasteiger partial charge is 0.508 e. The van der Waals surface area contributed by atoms with Gasteiger partial charge in [0.25, 0.3) is 5.91 Å². The molecular formula is C10H10N2O2S. The number of rotatable bonds is 1. The Morgan fingerprint density at radius 2 is 2.00 bits per heavy atom. The molecule has 0 spiro atoms. The van der Waals surface area contributed by atoms with Crippen molar-refractivity contribution in [3.05, 3.63) is 24.3 Å². The zero-order valence-corrected chi connectivity index (χ0v) is 8.91. The monoisotopic (exact) mass is 222 g/mol. The van der Waals surface area contributed by atoms with E-state index in [1.165, 1.54) is 17.0 Å². The summed E-state index contributed by atoms with van der Waals surface area (Å²) in [6.45, 7) is 1.76. The van der Waals surface area contributed by atoms with Crippen LogP contribution in [0.25, 0.3) is 0 Å². The van der Waals surface area contributed by atoms with Crippen molar-refractivity contribution < 1.29 is 9.90 Å². The Balaban J connectivity index is 2.35. The molecule has 1 aromatic carbocycles. The average Bonchev–Trinajstić information content (AvgIpc) is 2.44. The van der Waals surface area contributed by atoms with Crippen LogP contribution in [0.3, 0.4) is 0 Å². The first kappa shape index (κ1) is 9.92. The normalized spacial score (nSPS) is 20.6. The number of amides is 1. The van der Waals surface area contributed by atoms with Crippen molar-refractivity contribution in [1.29, 1.82) is 0 Å². The van der Waals surface area contributed by atoms with Crippen LogP contribution >= 0.6 is 12.2 Å². The number of anilines is 1. The van der Waals surface area contributed by atoms with Gasteiger partial charge in [-0.15, -0.1) is 0 Å². The Bertz CT molecular complexity index is 416. The number of carbonyl (C=O) groups is 1. The van der Waals surface area contributed by atoms with Crippen molar-refractivity contribution in [3.63, 3.8) is 0 Å². The molecule has 1 heterocycles. The minimum atomic E-state index is -0.286. The number of benzene rings is 1. The number of phenolic OH excluding ortho intramolecular Hbond substituents is 1. The lowest BCUT2D eigenvalue weighted by atomic mass is 10.2. The summed E-state index contributed by atoms with van der Waals surface area (Å²) in [4.78, 5) is 13.1. The molecule has 0 aromatic heterocycles. The van der Waals surface area contributed by atoms with Crippen LogP contribution < -0.4 is 10.2 Å². The molecule has 1 amide bonds. The van der Waals surface area contributed by atoms with Crippen molar-refractivity contribution in [2.45, 2.75) is 13.0 Å². The van der Waals surface area contributed by atoms with Crippen LogP contribution in [-0.4, -0.2) is 22.2 Å². The molecule has 78 valence electrons. The van der Waals surface area contributed by atoms with Gasteiger partial charge in [-0.05, 0) is 43.4 Å². The fourth-order valence-corrected chi connectivity index (χ4v) is 1.82. The molecule has 2 rings (SSSR count). The summed E-state index contributed by atoms with van der Waals surface area (Å²) >= 11 is 5.04. The molecule has 1 aliphatic rings. The molecule has 4 nitrogen and oxygen atoms in total. The summed E-state index contributed by atoms with van der Waals surface area (Å²) < 4.78 is 0. The third-order valence-electron chi connectivity index (χ3n) is 2.24. The Morgan fingerprint density at radius 1 is 1.40 bits per heavy atom. The molecule has 5 heteroatoms. The van der Waals surface area contributed by atoms with Crippen LogP contribution in [0.5, 0.6) is 5.75 Å². The van der Waals surface area contributed by atoms with E-state index >= 15 is 0 Å². The highest BCUT2D eigenvalue weighted by molar-refractivity contribution is 7.80. The lowest BCUT2D eigenvalue weighted by Gasteiger charge is -2.14. The number of hydrogen-bond acceptors (Lipinski definition) is 3. The van der Waals surface area contributed by atoms with Gasteiger partial charge in [0.2, 0.25) is 0 Å². The van der Waals surface area contributed by atoms with Gasteiger partial charge in [-0.2, -0.15) is 0 Å². The second-order valence-corrected chi connectivity index (χ2v) is 3.75. The predicted molar refractivity (Wildman–Crippen MR) is 60.8 cm³/mol. The van der Waals surface area contributed by atoms with Crippen molar-refractivity contribution in [3.8, 4) is 5.75 Å². The topological polar surface area (TPSA) is 52.6 Å². The molecule has 1 atom stereocenters. The Labute approximate surface area is 92.5 Å². The lowest BCUT2D eigenvalue weighted by Crippen LogP contribution is -2.30. The second kappa shape index (κ2) is 3.51. The molecule has 1 saturated heterocycles. The van der Waals surface area contributed by atoms with E-state index in [-0.39, 0.29) is 17.7 Å². The first-order valence-electron chi connectivity index (χ1n) is 4.53. The fraction of sp³-hybridized carbons (Fsp3) is 0.200. The maximum Gasteiger partial charge on any atom is 0.255 e. The Kier molecular flexibility index (Phi) is 2.32.